The van der Waals surface area contributed by atoms with Crippen LogP contribution in [0.25, 0.3) is 0 Å². The maximum atomic E-state index is 11.8. The van der Waals surface area contributed by atoms with Crippen molar-refractivity contribution in [3.8, 4) is 0 Å². The molecule has 0 saturated heterocycles. The Labute approximate surface area is 125 Å². The molecular weight excluding hydrogens is 303 g/mol. The number of ether oxygens (including phenoxy) is 1. The van der Waals surface area contributed by atoms with Crippen molar-refractivity contribution in [1.82, 2.24) is 0 Å². The number of carbonyl (C=O) groups is 1. The van der Waals surface area contributed by atoms with Gasteiger partial charge in [-0.2, -0.15) is 0 Å². The summed E-state index contributed by atoms with van der Waals surface area (Å²) in [4.78, 5) is 13.1. The van der Waals surface area contributed by atoms with Crippen molar-refractivity contribution in [3.63, 3.8) is 0 Å². The molecule has 1 aromatic carbocycles. The predicted molar refractivity (Wildman–Crippen MR) is 79.6 cm³/mol. The summed E-state index contributed by atoms with van der Waals surface area (Å²) < 4.78 is 5.37. The van der Waals surface area contributed by atoms with Crippen LogP contribution in [0.4, 0.5) is 0 Å². The van der Waals surface area contributed by atoms with Crippen molar-refractivity contribution in [2.45, 2.75) is 6.42 Å². The Morgan fingerprint density at radius 1 is 1.21 bits per heavy atom. The van der Waals surface area contributed by atoms with Gasteiger partial charge in [0.1, 0.15) is 6.61 Å². The smallest absolute Gasteiger partial charge is 0.188 e. The summed E-state index contributed by atoms with van der Waals surface area (Å²) in [5, 5.41) is 2.85. The second-order valence-electron chi connectivity index (χ2n) is 3.93. The molecular formula is C14H12Cl2O2S. The van der Waals surface area contributed by atoms with Gasteiger partial charge >= 0.3 is 0 Å². The molecule has 0 atom stereocenters. The Kier molecular flexibility index (Phi) is 5.40. The molecule has 5 heteroatoms. The quantitative estimate of drug-likeness (QED) is 0.579. The Morgan fingerprint density at radius 2 is 2.05 bits per heavy atom. The molecule has 0 amide bonds. The fraction of sp³-hybridized carbons (Fsp3) is 0.214. The van der Waals surface area contributed by atoms with E-state index in [0.717, 1.165) is 6.42 Å². The summed E-state index contributed by atoms with van der Waals surface area (Å²) in [7, 11) is 0. The van der Waals surface area contributed by atoms with Crippen LogP contribution in [-0.4, -0.2) is 19.0 Å². The van der Waals surface area contributed by atoms with Crippen LogP contribution in [0.2, 0.25) is 10.0 Å². The van der Waals surface area contributed by atoms with E-state index in [1.54, 1.807) is 29.5 Å². The highest BCUT2D eigenvalue weighted by Crippen LogP contribution is 2.22. The molecule has 0 aliphatic rings. The van der Waals surface area contributed by atoms with Crippen molar-refractivity contribution in [1.29, 1.82) is 0 Å². The number of hydrogen-bond donors (Lipinski definition) is 0. The van der Waals surface area contributed by atoms with Crippen LogP contribution in [0.1, 0.15) is 15.2 Å². The molecule has 0 aliphatic carbocycles. The first-order chi connectivity index (χ1) is 9.16. The lowest BCUT2D eigenvalue weighted by molar-refractivity contribution is 0.0766. The van der Waals surface area contributed by atoms with Gasteiger partial charge in [-0.3, -0.25) is 4.79 Å². The number of ketones is 1. The monoisotopic (exact) mass is 314 g/mol. The minimum atomic E-state index is -0.0928. The zero-order valence-electron chi connectivity index (χ0n) is 10.1. The molecule has 0 aliphatic heterocycles. The third-order valence-corrected chi connectivity index (χ3v) is 4.22. The minimum absolute atomic E-state index is 0.0589. The molecule has 1 heterocycles. The molecule has 0 saturated carbocycles. The first kappa shape index (κ1) is 14.5. The lowest BCUT2D eigenvalue weighted by Gasteiger charge is -2.04. The average Bonchev–Trinajstić information content (AvgIpc) is 2.91. The van der Waals surface area contributed by atoms with Crippen molar-refractivity contribution < 1.29 is 9.53 Å². The molecule has 0 radical (unpaired) electrons. The van der Waals surface area contributed by atoms with Gasteiger partial charge in [-0.15, -0.1) is 11.3 Å². The van der Waals surface area contributed by atoms with Gasteiger partial charge in [-0.25, -0.2) is 0 Å². The molecule has 2 rings (SSSR count). The van der Waals surface area contributed by atoms with Gasteiger partial charge in [-0.05, 0) is 29.6 Å². The third kappa shape index (κ3) is 4.32. The molecule has 0 spiro atoms. The third-order valence-electron chi connectivity index (χ3n) is 2.55. The van der Waals surface area contributed by atoms with Gasteiger partial charge in [0.15, 0.2) is 5.78 Å². The van der Waals surface area contributed by atoms with Crippen LogP contribution < -0.4 is 0 Å². The molecule has 0 bridgehead atoms. The molecule has 0 unspecified atom stereocenters. The summed E-state index contributed by atoms with van der Waals surface area (Å²) in [6.45, 7) is 0.594. The Hall–Kier alpha value is -0.870. The second-order valence-corrected chi connectivity index (χ2v) is 5.78. The fourth-order valence-electron chi connectivity index (χ4n) is 1.55. The summed E-state index contributed by atoms with van der Waals surface area (Å²) >= 11 is 13.3. The minimum Gasteiger partial charge on any atom is -0.373 e. The first-order valence-corrected chi connectivity index (χ1v) is 7.39. The van der Waals surface area contributed by atoms with E-state index in [-0.39, 0.29) is 12.4 Å². The van der Waals surface area contributed by atoms with Crippen LogP contribution in [0.3, 0.4) is 0 Å². The molecule has 1 aromatic heterocycles. The van der Waals surface area contributed by atoms with Gasteiger partial charge in [0.05, 0.1) is 16.7 Å². The van der Waals surface area contributed by atoms with Crippen LogP contribution in [0.15, 0.2) is 35.7 Å². The normalized spacial score (nSPS) is 10.6. The van der Waals surface area contributed by atoms with Crippen LogP contribution >= 0.6 is 34.5 Å². The summed E-state index contributed by atoms with van der Waals surface area (Å²) in [5.74, 6) is -0.0928. The zero-order chi connectivity index (χ0) is 13.7. The maximum Gasteiger partial charge on any atom is 0.188 e. The van der Waals surface area contributed by atoms with E-state index in [9.17, 15) is 4.79 Å². The Bertz CT molecular complexity index is 553. The van der Waals surface area contributed by atoms with Crippen LogP contribution in [-0.2, 0) is 11.2 Å². The van der Waals surface area contributed by atoms with E-state index in [0.29, 0.717) is 22.2 Å². The lowest BCUT2D eigenvalue weighted by Crippen LogP contribution is -2.10. The van der Waals surface area contributed by atoms with E-state index in [4.69, 9.17) is 27.9 Å². The Morgan fingerprint density at radius 3 is 2.74 bits per heavy atom. The number of carbonyl (C=O) groups excluding carboxylic acids is 1. The summed E-state index contributed by atoms with van der Waals surface area (Å²) in [6, 6.07) is 8.88. The highest BCUT2D eigenvalue weighted by atomic mass is 35.5. The van der Waals surface area contributed by atoms with E-state index >= 15 is 0 Å². The molecule has 0 fully saturated rings. The molecule has 2 aromatic rings. The Balaban J connectivity index is 1.79. The van der Waals surface area contributed by atoms with E-state index in [2.05, 4.69) is 6.07 Å². The average molecular weight is 315 g/mol. The van der Waals surface area contributed by atoms with Gasteiger partial charge in [0.2, 0.25) is 0 Å². The number of Topliss-reactive ketones (excluding diaryl/α,β-unsaturated/α-hetero) is 1. The standard InChI is InChI=1S/C14H12Cl2O2S/c15-12-4-3-10(8-13(12)16)14(17)9-18-6-5-11-2-1-7-19-11/h1-4,7-8H,5-6,9H2. The topological polar surface area (TPSA) is 26.3 Å². The number of rotatable bonds is 6. The lowest BCUT2D eigenvalue weighted by atomic mass is 10.1. The van der Waals surface area contributed by atoms with Gasteiger partial charge < -0.3 is 4.74 Å². The second kappa shape index (κ2) is 7.06. The van der Waals surface area contributed by atoms with Crippen LogP contribution in [0, 0.1) is 0 Å². The van der Waals surface area contributed by atoms with Gasteiger partial charge in [0.25, 0.3) is 0 Å². The van der Waals surface area contributed by atoms with E-state index in [1.165, 1.54) is 4.88 Å². The largest absolute Gasteiger partial charge is 0.373 e. The molecule has 100 valence electrons. The highest BCUT2D eigenvalue weighted by molar-refractivity contribution is 7.09. The zero-order valence-corrected chi connectivity index (χ0v) is 12.4. The molecule has 2 nitrogen and oxygen atoms in total. The fourth-order valence-corrected chi connectivity index (χ4v) is 2.53. The van der Waals surface area contributed by atoms with E-state index in [1.807, 2.05) is 11.4 Å². The van der Waals surface area contributed by atoms with Crippen molar-refractivity contribution in [3.05, 3.63) is 56.2 Å². The number of thiophene rings is 1. The van der Waals surface area contributed by atoms with E-state index < -0.39 is 0 Å². The number of hydrogen-bond acceptors (Lipinski definition) is 3. The van der Waals surface area contributed by atoms with Gasteiger partial charge in [0, 0.05) is 16.9 Å². The van der Waals surface area contributed by atoms with Crippen molar-refractivity contribution >= 4 is 40.3 Å². The van der Waals surface area contributed by atoms with Crippen molar-refractivity contribution in [2.75, 3.05) is 13.2 Å². The summed E-state index contributed by atoms with van der Waals surface area (Å²) in [5.41, 5.74) is 0.519. The highest BCUT2D eigenvalue weighted by Gasteiger charge is 2.08. The maximum absolute atomic E-state index is 11.8. The van der Waals surface area contributed by atoms with Crippen LogP contribution in [0.5, 0.6) is 0 Å². The SMILES string of the molecule is O=C(COCCc1cccs1)c1ccc(Cl)c(Cl)c1. The molecule has 0 N–H and O–H groups in total. The predicted octanol–water partition coefficient (Wildman–Crippen LogP) is 4.50. The molecule has 19 heavy (non-hydrogen) atoms. The van der Waals surface area contributed by atoms with Crippen molar-refractivity contribution in [2.24, 2.45) is 0 Å². The summed E-state index contributed by atoms with van der Waals surface area (Å²) in [6.07, 6.45) is 0.826. The first-order valence-electron chi connectivity index (χ1n) is 5.75. The number of halogens is 2. The van der Waals surface area contributed by atoms with Gasteiger partial charge in [-0.1, -0.05) is 29.3 Å². The number of benzene rings is 1.